The molecule has 4 rings (SSSR count). The number of carbonyl (C=O) groups excluding carboxylic acids is 1. The van der Waals surface area contributed by atoms with Gasteiger partial charge in [0.25, 0.3) is 5.91 Å². The molecule has 1 saturated heterocycles. The van der Waals surface area contributed by atoms with Crippen molar-refractivity contribution < 1.29 is 14.3 Å². The summed E-state index contributed by atoms with van der Waals surface area (Å²) in [4.78, 5) is 14.5. The van der Waals surface area contributed by atoms with Gasteiger partial charge >= 0.3 is 0 Å². The van der Waals surface area contributed by atoms with Crippen molar-refractivity contribution in [3.8, 4) is 17.0 Å². The molecular weight excluding hydrogens is 414 g/mol. The fraction of sp³-hybridized carbons (Fsp3) is 0.407. The maximum Gasteiger partial charge on any atom is 0.253 e. The first-order valence-corrected chi connectivity index (χ1v) is 11.9. The molecule has 174 valence electrons. The average Bonchev–Trinajstić information content (AvgIpc) is 3.55. The van der Waals surface area contributed by atoms with Gasteiger partial charge in [0.15, 0.2) is 0 Å². The van der Waals surface area contributed by atoms with Crippen LogP contribution in [0.25, 0.3) is 11.3 Å². The summed E-state index contributed by atoms with van der Waals surface area (Å²) in [7, 11) is 1.87. The van der Waals surface area contributed by atoms with Gasteiger partial charge in [-0.25, -0.2) is 0 Å². The Morgan fingerprint density at radius 1 is 1.12 bits per heavy atom. The van der Waals surface area contributed by atoms with Crippen LogP contribution in [0.15, 0.2) is 60.7 Å². The number of H-pyrrole nitrogens is 1. The molecule has 3 aromatic rings. The molecule has 2 aromatic carbocycles. The lowest BCUT2D eigenvalue weighted by Crippen LogP contribution is -2.27. The van der Waals surface area contributed by atoms with Crippen molar-refractivity contribution in [1.82, 2.24) is 15.1 Å². The molecule has 0 bridgehead atoms. The van der Waals surface area contributed by atoms with Crippen molar-refractivity contribution in [3.63, 3.8) is 0 Å². The van der Waals surface area contributed by atoms with Crippen molar-refractivity contribution in [1.29, 1.82) is 0 Å². The minimum Gasteiger partial charge on any atom is -0.491 e. The number of aromatic nitrogens is 2. The number of amides is 1. The molecule has 1 amide bonds. The number of aryl methyl sites for hydroxylation is 1. The SMILES string of the molecule is CN(CCCCCc1cc(-c2ccccc2)n[nH]1)C(=O)c1ccc(OCC2CCCO2)cc1. The third-order valence-corrected chi connectivity index (χ3v) is 6.05. The minimum atomic E-state index is 0.0433. The van der Waals surface area contributed by atoms with E-state index in [0.717, 1.165) is 74.4 Å². The summed E-state index contributed by atoms with van der Waals surface area (Å²) < 4.78 is 11.4. The molecule has 2 heterocycles. The van der Waals surface area contributed by atoms with Crippen LogP contribution < -0.4 is 4.74 Å². The smallest absolute Gasteiger partial charge is 0.253 e. The zero-order valence-corrected chi connectivity index (χ0v) is 19.3. The molecule has 6 nitrogen and oxygen atoms in total. The van der Waals surface area contributed by atoms with Crippen molar-refractivity contribution in [2.24, 2.45) is 0 Å². The Bertz CT molecular complexity index is 995. The molecule has 1 fully saturated rings. The standard InChI is InChI=1S/C27H33N3O3/c1-30(27(31)22-13-15-24(16-14-22)33-20-25-12-8-18-32-25)17-7-3-6-11-23-19-26(29-28-23)21-9-4-2-5-10-21/h2,4-5,9-10,13-16,19,25H,3,6-8,11-12,17-18,20H2,1H3,(H,28,29). The molecule has 0 saturated carbocycles. The van der Waals surface area contributed by atoms with E-state index in [0.29, 0.717) is 12.2 Å². The maximum atomic E-state index is 12.7. The van der Waals surface area contributed by atoms with Gasteiger partial charge in [-0.05, 0) is 62.4 Å². The monoisotopic (exact) mass is 447 g/mol. The molecule has 1 aromatic heterocycles. The summed E-state index contributed by atoms with van der Waals surface area (Å²) in [5.41, 5.74) is 3.95. The van der Waals surface area contributed by atoms with E-state index in [9.17, 15) is 4.79 Å². The van der Waals surface area contributed by atoms with Crippen molar-refractivity contribution in [2.75, 3.05) is 26.8 Å². The van der Waals surface area contributed by atoms with E-state index in [2.05, 4.69) is 28.4 Å². The topological polar surface area (TPSA) is 67.5 Å². The fourth-order valence-corrected chi connectivity index (χ4v) is 4.07. The van der Waals surface area contributed by atoms with Gasteiger partial charge in [-0.3, -0.25) is 9.89 Å². The van der Waals surface area contributed by atoms with Gasteiger partial charge < -0.3 is 14.4 Å². The largest absolute Gasteiger partial charge is 0.491 e. The van der Waals surface area contributed by atoms with E-state index >= 15 is 0 Å². The number of hydrogen-bond acceptors (Lipinski definition) is 4. The molecule has 1 N–H and O–H groups in total. The Balaban J connectivity index is 1.14. The molecule has 0 spiro atoms. The van der Waals surface area contributed by atoms with Crippen LogP contribution >= 0.6 is 0 Å². The van der Waals surface area contributed by atoms with Crippen LogP contribution in [0.2, 0.25) is 0 Å². The van der Waals surface area contributed by atoms with Crippen molar-refractivity contribution in [2.45, 2.75) is 44.6 Å². The highest BCUT2D eigenvalue weighted by Crippen LogP contribution is 2.19. The molecule has 1 aliphatic rings. The van der Waals surface area contributed by atoms with Gasteiger partial charge in [0.1, 0.15) is 12.4 Å². The molecular formula is C27H33N3O3. The zero-order chi connectivity index (χ0) is 22.9. The number of carbonyl (C=O) groups is 1. The van der Waals surface area contributed by atoms with Crippen LogP contribution in [0.5, 0.6) is 5.75 Å². The highest BCUT2D eigenvalue weighted by molar-refractivity contribution is 5.94. The van der Waals surface area contributed by atoms with Crippen LogP contribution in [-0.4, -0.2) is 53.9 Å². The van der Waals surface area contributed by atoms with E-state index in [4.69, 9.17) is 9.47 Å². The number of hydrogen-bond donors (Lipinski definition) is 1. The van der Waals surface area contributed by atoms with E-state index in [1.54, 1.807) is 4.90 Å². The number of rotatable bonds is 11. The van der Waals surface area contributed by atoms with E-state index in [1.807, 2.05) is 49.5 Å². The quantitative estimate of drug-likeness (QED) is 0.414. The molecule has 0 aliphatic carbocycles. The third kappa shape index (κ3) is 6.68. The van der Waals surface area contributed by atoms with E-state index in [-0.39, 0.29) is 12.0 Å². The van der Waals surface area contributed by atoms with Gasteiger partial charge in [0.2, 0.25) is 0 Å². The average molecular weight is 448 g/mol. The lowest BCUT2D eigenvalue weighted by Gasteiger charge is -2.17. The Morgan fingerprint density at radius 3 is 2.70 bits per heavy atom. The molecule has 1 atom stereocenters. The Kier molecular flexibility index (Phi) is 8.14. The normalized spacial score (nSPS) is 15.5. The highest BCUT2D eigenvalue weighted by Gasteiger charge is 2.16. The van der Waals surface area contributed by atoms with E-state index in [1.165, 1.54) is 0 Å². The fourth-order valence-electron chi connectivity index (χ4n) is 4.07. The Hall–Kier alpha value is -3.12. The summed E-state index contributed by atoms with van der Waals surface area (Å²) in [6.07, 6.45) is 6.42. The van der Waals surface area contributed by atoms with Crippen molar-refractivity contribution in [3.05, 3.63) is 71.9 Å². The summed E-state index contributed by atoms with van der Waals surface area (Å²) in [5, 5.41) is 7.56. The van der Waals surface area contributed by atoms with Gasteiger partial charge in [0, 0.05) is 37.0 Å². The third-order valence-electron chi connectivity index (χ3n) is 6.05. The first-order chi connectivity index (χ1) is 16.2. The summed E-state index contributed by atoms with van der Waals surface area (Å²) in [5.74, 6) is 0.820. The molecule has 0 radical (unpaired) electrons. The van der Waals surface area contributed by atoms with Crippen LogP contribution in [0.4, 0.5) is 0 Å². The number of benzene rings is 2. The lowest BCUT2D eigenvalue weighted by molar-refractivity contribution is 0.0679. The molecule has 1 unspecified atom stereocenters. The number of ether oxygens (including phenoxy) is 2. The number of nitrogens with one attached hydrogen (secondary N) is 1. The van der Waals surface area contributed by atoms with Gasteiger partial charge in [-0.2, -0.15) is 5.10 Å². The van der Waals surface area contributed by atoms with Gasteiger partial charge in [0.05, 0.1) is 11.8 Å². The van der Waals surface area contributed by atoms with Crippen molar-refractivity contribution >= 4 is 5.91 Å². The number of aromatic amines is 1. The summed E-state index contributed by atoms with van der Waals surface area (Å²) in [6, 6.07) is 19.7. The minimum absolute atomic E-state index is 0.0433. The first-order valence-electron chi connectivity index (χ1n) is 11.9. The summed E-state index contributed by atoms with van der Waals surface area (Å²) >= 11 is 0. The first kappa shape index (κ1) is 23.1. The van der Waals surface area contributed by atoms with Gasteiger partial charge in [-0.1, -0.05) is 36.8 Å². The second kappa shape index (κ2) is 11.7. The zero-order valence-electron chi connectivity index (χ0n) is 19.3. The predicted octanol–water partition coefficient (Wildman–Crippen LogP) is 5.12. The molecule has 6 heteroatoms. The highest BCUT2D eigenvalue weighted by atomic mass is 16.5. The lowest BCUT2D eigenvalue weighted by atomic mass is 10.1. The molecule has 1 aliphatic heterocycles. The van der Waals surface area contributed by atoms with E-state index < -0.39 is 0 Å². The van der Waals surface area contributed by atoms with Crippen LogP contribution in [0.3, 0.4) is 0 Å². The second-order valence-corrected chi connectivity index (χ2v) is 8.65. The molecule has 33 heavy (non-hydrogen) atoms. The Labute approximate surface area is 195 Å². The maximum absolute atomic E-state index is 12.7. The number of nitrogens with zero attached hydrogens (tertiary/aromatic N) is 2. The van der Waals surface area contributed by atoms with Crippen LogP contribution in [0, 0.1) is 0 Å². The Morgan fingerprint density at radius 2 is 1.94 bits per heavy atom. The number of unbranched alkanes of at least 4 members (excludes halogenated alkanes) is 2. The second-order valence-electron chi connectivity index (χ2n) is 8.65. The summed E-state index contributed by atoms with van der Waals surface area (Å²) in [6.45, 7) is 2.14. The van der Waals surface area contributed by atoms with Crippen LogP contribution in [0.1, 0.15) is 48.2 Å². The van der Waals surface area contributed by atoms with Gasteiger partial charge in [-0.15, -0.1) is 0 Å². The predicted molar refractivity (Wildman–Crippen MR) is 129 cm³/mol. The van der Waals surface area contributed by atoms with Crippen LogP contribution in [-0.2, 0) is 11.2 Å².